The van der Waals surface area contributed by atoms with E-state index in [2.05, 4.69) is 15.6 Å². The van der Waals surface area contributed by atoms with E-state index < -0.39 is 24.0 Å². The Morgan fingerprint density at radius 1 is 1.14 bits per heavy atom. The van der Waals surface area contributed by atoms with E-state index in [9.17, 15) is 14.4 Å². The molecule has 0 aliphatic heterocycles. The van der Waals surface area contributed by atoms with Gasteiger partial charge in [0.15, 0.2) is 6.10 Å². The van der Waals surface area contributed by atoms with Crippen LogP contribution in [0.4, 0.5) is 4.79 Å². The van der Waals surface area contributed by atoms with Crippen LogP contribution in [0.3, 0.4) is 0 Å². The summed E-state index contributed by atoms with van der Waals surface area (Å²) in [5.74, 6) is -1.28. The lowest BCUT2D eigenvalue weighted by Gasteiger charge is -2.23. The summed E-state index contributed by atoms with van der Waals surface area (Å²) in [6, 6.07) is 9.06. The Hall–Kier alpha value is -2.74. The first-order valence-corrected chi connectivity index (χ1v) is 10.6. The normalized spacial score (nSPS) is 15.4. The number of rotatable bonds is 5. The highest BCUT2D eigenvalue weighted by molar-refractivity contribution is 7.17. The summed E-state index contributed by atoms with van der Waals surface area (Å²) in [5.41, 5.74) is 1.45. The van der Waals surface area contributed by atoms with Crippen molar-refractivity contribution in [1.29, 1.82) is 0 Å². The molecule has 2 aromatic rings. The van der Waals surface area contributed by atoms with Crippen LogP contribution in [0, 0.1) is 6.92 Å². The van der Waals surface area contributed by atoms with Crippen molar-refractivity contribution in [2.45, 2.75) is 58.1 Å². The molecule has 154 valence electrons. The maximum Gasteiger partial charge on any atom is 0.351 e. The lowest BCUT2D eigenvalue weighted by Crippen LogP contribution is -2.48. The molecule has 1 fully saturated rings. The average Bonchev–Trinajstić information content (AvgIpc) is 3.11. The van der Waals surface area contributed by atoms with Crippen molar-refractivity contribution in [3.8, 4) is 10.6 Å². The fourth-order valence-corrected chi connectivity index (χ4v) is 4.19. The fourth-order valence-electron chi connectivity index (χ4n) is 3.24. The maximum atomic E-state index is 12.5. The van der Waals surface area contributed by atoms with Gasteiger partial charge in [0, 0.05) is 11.6 Å². The molecule has 1 aromatic carbocycles. The summed E-state index contributed by atoms with van der Waals surface area (Å²) in [4.78, 5) is 41.5. The summed E-state index contributed by atoms with van der Waals surface area (Å²) in [6.45, 7) is 3.16. The third kappa shape index (κ3) is 5.63. The quantitative estimate of drug-likeness (QED) is 0.724. The number of aromatic nitrogens is 1. The Morgan fingerprint density at radius 2 is 1.83 bits per heavy atom. The predicted molar refractivity (Wildman–Crippen MR) is 111 cm³/mol. The predicted octanol–water partition coefficient (Wildman–Crippen LogP) is 3.82. The Bertz CT molecular complexity index is 875. The number of amides is 3. The minimum absolute atomic E-state index is 0.0886. The largest absolute Gasteiger partial charge is 0.448 e. The zero-order chi connectivity index (χ0) is 20.8. The number of nitrogens with one attached hydrogen (secondary N) is 2. The number of urea groups is 1. The summed E-state index contributed by atoms with van der Waals surface area (Å²) in [6.07, 6.45) is 4.06. The van der Waals surface area contributed by atoms with Gasteiger partial charge < -0.3 is 10.1 Å². The van der Waals surface area contributed by atoms with Gasteiger partial charge in [-0.2, -0.15) is 0 Å². The van der Waals surface area contributed by atoms with Gasteiger partial charge in [0.25, 0.3) is 5.91 Å². The number of imide groups is 1. The Morgan fingerprint density at radius 3 is 2.52 bits per heavy atom. The second-order valence-corrected chi connectivity index (χ2v) is 8.14. The van der Waals surface area contributed by atoms with E-state index in [1.54, 1.807) is 6.92 Å². The average molecular weight is 416 g/mol. The molecular formula is C21H25N3O4S. The number of carbonyl (C=O) groups is 3. The van der Waals surface area contributed by atoms with Crippen molar-refractivity contribution in [3.05, 3.63) is 40.9 Å². The number of esters is 1. The highest BCUT2D eigenvalue weighted by Gasteiger charge is 2.25. The minimum Gasteiger partial charge on any atom is -0.448 e. The zero-order valence-corrected chi connectivity index (χ0v) is 17.4. The Balaban J connectivity index is 1.55. The molecule has 3 rings (SSSR count). The van der Waals surface area contributed by atoms with Crippen LogP contribution in [0.15, 0.2) is 30.3 Å². The number of hydrogen-bond acceptors (Lipinski definition) is 6. The molecule has 0 radical (unpaired) electrons. The van der Waals surface area contributed by atoms with Crippen molar-refractivity contribution < 1.29 is 19.1 Å². The van der Waals surface area contributed by atoms with Crippen molar-refractivity contribution in [1.82, 2.24) is 15.6 Å². The SMILES string of the molecule is Cc1nc(-c2ccccc2)sc1C(=O)OC(C)C(=O)NC(=O)NC1CCCCC1. The molecule has 0 spiro atoms. The molecule has 3 amide bonds. The number of carbonyl (C=O) groups excluding carboxylic acids is 3. The number of ether oxygens (including phenoxy) is 1. The van der Waals surface area contributed by atoms with E-state index >= 15 is 0 Å². The molecule has 1 saturated carbocycles. The molecule has 0 bridgehead atoms. The highest BCUT2D eigenvalue weighted by Crippen LogP contribution is 2.28. The van der Waals surface area contributed by atoms with Crippen LogP contribution in [0.2, 0.25) is 0 Å². The number of aryl methyl sites for hydroxylation is 1. The van der Waals surface area contributed by atoms with Crippen LogP contribution in [-0.4, -0.2) is 35.0 Å². The van der Waals surface area contributed by atoms with Gasteiger partial charge in [-0.05, 0) is 26.7 Å². The lowest BCUT2D eigenvalue weighted by molar-refractivity contribution is -0.127. The van der Waals surface area contributed by atoms with Crippen LogP contribution in [-0.2, 0) is 9.53 Å². The number of benzene rings is 1. The fraction of sp³-hybridized carbons (Fsp3) is 0.429. The van der Waals surface area contributed by atoms with E-state index in [1.807, 2.05) is 30.3 Å². The maximum absolute atomic E-state index is 12.5. The van der Waals surface area contributed by atoms with Crippen LogP contribution in [0.1, 0.15) is 54.4 Å². The minimum atomic E-state index is -1.10. The highest BCUT2D eigenvalue weighted by atomic mass is 32.1. The first kappa shape index (κ1) is 21.0. The summed E-state index contributed by atoms with van der Waals surface area (Å²) in [5, 5.41) is 5.76. The Kier molecular flexibility index (Phi) is 6.98. The van der Waals surface area contributed by atoms with E-state index in [1.165, 1.54) is 24.7 Å². The first-order valence-electron chi connectivity index (χ1n) is 9.79. The van der Waals surface area contributed by atoms with Gasteiger partial charge in [0.05, 0.1) is 5.69 Å². The van der Waals surface area contributed by atoms with Crippen molar-refractivity contribution in [2.24, 2.45) is 0 Å². The lowest BCUT2D eigenvalue weighted by atomic mass is 9.96. The second-order valence-electron chi connectivity index (χ2n) is 7.14. The summed E-state index contributed by atoms with van der Waals surface area (Å²) in [7, 11) is 0. The molecule has 1 aliphatic carbocycles. The third-order valence-electron chi connectivity index (χ3n) is 4.83. The molecule has 8 heteroatoms. The molecule has 2 N–H and O–H groups in total. The third-order valence-corrected chi connectivity index (χ3v) is 6.02. The molecule has 1 heterocycles. The van der Waals surface area contributed by atoms with Gasteiger partial charge in [-0.3, -0.25) is 10.1 Å². The number of nitrogens with zero attached hydrogens (tertiary/aromatic N) is 1. The van der Waals surface area contributed by atoms with Crippen LogP contribution >= 0.6 is 11.3 Å². The standard InChI is InChI=1S/C21H25N3O4S/c1-13-17(29-19(22-13)15-9-5-3-6-10-15)20(26)28-14(2)18(25)24-21(27)23-16-11-7-4-8-12-16/h3,5-6,9-10,14,16H,4,7-8,11-12H2,1-2H3,(H2,23,24,25,27). The van der Waals surface area contributed by atoms with Crippen LogP contribution in [0.25, 0.3) is 10.6 Å². The second kappa shape index (κ2) is 9.65. The smallest absolute Gasteiger partial charge is 0.351 e. The van der Waals surface area contributed by atoms with Crippen molar-refractivity contribution in [2.75, 3.05) is 0 Å². The van der Waals surface area contributed by atoms with Gasteiger partial charge in [0.1, 0.15) is 9.88 Å². The van der Waals surface area contributed by atoms with Gasteiger partial charge in [-0.1, -0.05) is 49.6 Å². The van der Waals surface area contributed by atoms with Crippen LogP contribution < -0.4 is 10.6 Å². The monoisotopic (exact) mass is 415 g/mol. The van der Waals surface area contributed by atoms with Gasteiger partial charge in [0.2, 0.25) is 0 Å². The van der Waals surface area contributed by atoms with Crippen molar-refractivity contribution in [3.63, 3.8) is 0 Å². The van der Waals surface area contributed by atoms with E-state index in [0.29, 0.717) is 15.6 Å². The van der Waals surface area contributed by atoms with E-state index in [-0.39, 0.29) is 6.04 Å². The zero-order valence-electron chi connectivity index (χ0n) is 16.6. The molecule has 1 unspecified atom stereocenters. The number of hydrogen-bond donors (Lipinski definition) is 2. The van der Waals surface area contributed by atoms with E-state index in [0.717, 1.165) is 31.2 Å². The van der Waals surface area contributed by atoms with E-state index in [4.69, 9.17) is 4.74 Å². The molecule has 1 aliphatic rings. The van der Waals surface area contributed by atoms with Crippen LogP contribution in [0.5, 0.6) is 0 Å². The summed E-state index contributed by atoms with van der Waals surface area (Å²) < 4.78 is 5.26. The first-order chi connectivity index (χ1) is 13.9. The topological polar surface area (TPSA) is 97.4 Å². The molecule has 0 saturated heterocycles. The summed E-state index contributed by atoms with van der Waals surface area (Å²) >= 11 is 1.21. The number of thiazole rings is 1. The van der Waals surface area contributed by atoms with Gasteiger partial charge in [-0.25, -0.2) is 14.6 Å². The van der Waals surface area contributed by atoms with Crippen molar-refractivity contribution >= 4 is 29.2 Å². The Labute approximate surface area is 173 Å². The molecular weight excluding hydrogens is 390 g/mol. The van der Waals surface area contributed by atoms with Gasteiger partial charge >= 0.3 is 12.0 Å². The molecule has 1 atom stereocenters. The molecule has 7 nitrogen and oxygen atoms in total. The van der Waals surface area contributed by atoms with Gasteiger partial charge in [-0.15, -0.1) is 11.3 Å². The molecule has 29 heavy (non-hydrogen) atoms. The molecule has 1 aromatic heterocycles.